The highest BCUT2D eigenvalue weighted by molar-refractivity contribution is 7.85. The van der Waals surface area contributed by atoms with E-state index >= 15 is 0 Å². The van der Waals surface area contributed by atoms with Gasteiger partial charge in [-0.3, -0.25) is 4.21 Å². The number of hydrogen-bond donors (Lipinski definition) is 2. The highest BCUT2D eigenvalue weighted by Crippen LogP contribution is 2.14. The Bertz CT molecular complexity index is 461. The molecular formula is C15H24N2O2S2. The van der Waals surface area contributed by atoms with Gasteiger partial charge in [0.05, 0.1) is 17.9 Å². The van der Waals surface area contributed by atoms with Gasteiger partial charge in [-0.05, 0) is 63.2 Å². The Hall–Kier alpha value is -1.14. The van der Waals surface area contributed by atoms with Gasteiger partial charge in [0.1, 0.15) is 5.75 Å². The number of unbranched alkanes of at least 4 members (excludes halogenated alkanes) is 1. The van der Waals surface area contributed by atoms with Gasteiger partial charge in [-0.2, -0.15) is 0 Å². The molecule has 0 radical (unpaired) electrons. The number of ether oxygens (including phenoxy) is 1. The van der Waals surface area contributed by atoms with Crippen LogP contribution in [0.15, 0.2) is 29.2 Å². The Balaban J connectivity index is 2.20. The predicted molar refractivity (Wildman–Crippen MR) is 92.4 cm³/mol. The molecule has 0 amide bonds. The van der Waals surface area contributed by atoms with Crippen LogP contribution in [-0.2, 0) is 10.8 Å². The van der Waals surface area contributed by atoms with Crippen molar-refractivity contribution in [2.24, 2.45) is 0 Å². The Labute approximate surface area is 135 Å². The second-order valence-corrected chi connectivity index (χ2v) is 6.97. The smallest absolute Gasteiger partial charge is 0.166 e. The SMILES string of the molecule is COc1ccc(S(=O)CCCCNC(=S)NC(C)C)cc1. The molecule has 0 aliphatic heterocycles. The molecule has 0 fully saturated rings. The lowest BCUT2D eigenvalue weighted by atomic mass is 10.3. The van der Waals surface area contributed by atoms with Crippen LogP contribution in [0.1, 0.15) is 26.7 Å². The van der Waals surface area contributed by atoms with Crippen LogP contribution >= 0.6 is 12.2 Å². The molecule has 0 saturated carbocycles. The van der Waals surface area contributed by atoms with Crippen molar-refractivity contribution in [2.75, 3.05) is 19.4 Å². The quantitative estimate of drug-likeness (QED) is 0.567. The van der Waals surface area contributed by atoms with E-state index in [0.29, 0.717) is 16.9 Å². The molecule has 2 N–H and O–H groups in total. The maximum Gasteiger partial charge on any atom is 0.166 e. The molecule has 1 unspecified atom stereocenters. The summed E-state index contributed by atoms with van der Waals surface area (Å²) >= 11 is 5.14. The summed E-state index contributed by atoms with van der Waals surface area (Å²) in [6.45, 7) is 4.90. The number of nitrogens with one attached hydrogen (secondary N) is 2. The lowest BCUT2D eigenvalue weighted by molar-refractivity contribution is 0.414. The van der Waals surface area contributed by atoms with Crippen molar-refractivity contribution < 1.29 is 8.95 Å². The summed E-state index contributed by atoms with van der Waals surface area (Å²) in [5.74, 6) is 1.45. The molecule has 118 valence electrons. The zero-order valence-corrected chi connectivity index (χ0v) is 14.5. The van der Waals surface area contributed by atoms with Gasteiger partial charge in [0.25, 0.3) is 0 Å². The van der Waals surface area contributed by atoms with Gasteiger partial charge in [0, 0.05) is 23.2 Å². The van der Waals surface area contributed by atoms with Crippen molar-refractivity contribution in [3.05, 3.63) is 24.3 Å². The van der Waals surface area contributed by atoms with Gasteiger partial charge >= 0.3 is 0 Å². The van der Waals surface area contributed by atoms with Gasteiger partial charge < -0.3 is 15.4 Å². The molecule has 0 aromatic heterocycles. The highest BCUT2D eigenvalue weighted by Gasteiger charge is 2.04. The number of methoxy groups -OCH3 is 1. The average Bonchev–Trinajstić information content (AvgIpc) is 2.46. The summed E-state index contributed by atoms with van der Waals surface area (Å²) in [4.78, 5) is 0.848. The van der Waals surface area contributed by atoms with E-state index in [1.165, 1.54) is 0 Å². The Kier molecular flexibility index (Phi) is 8.30. The average molecular weight is 329 g/mol. The monoisotopic (exact) mass is 328 g/mol. The molecule has 1 rings (SSSR count). The van der Waals surface area contributed by atoms with Crippen LogP contribution in [0.5, 0.6) is 5.75 Å². The zero-order valence-electron chi connectivity index (χ0n) is 12.8. The Morgan fingerprint density at radius 3 is 2.52 bits per heavy atom. The molecule has 0 bridgehead atoms. The van der Waals surface area contributed by atoms with E-state index in [4.69, 9.17) is 17.0 Å². The van der Waals surface area contributed by atoms with Crippen LogP contribution in [0.3, 0.4) is 0 Å². The molecule has 4 nitrogen and oxygen atoms in total. The summed E-state index contributed by atoms with van der Waals surface area (Å²) < 4.78 is 17.2. The molecule has 6 heteroatoms. The van der Waals surface area contributed by atoms with E-state index in [9.17, 15) is 4.21 Å². The summed E-state index contributed by atoms with van der Waals surface area (Å²) in [5.41, 5.74) is 0. The maximum absolute atomic E-state index is 12.1. The largest absolute Gasteiger partial charge is 0.497 e. The fourth-order valence-electron chi connectivity index (χ4n) is 1.72. The molecule has 1 aromatic rings. The third-order valence-electron chi connectivity index (χ3n) is 2.78. The maximum atomic E-state index is 12.1. The third-order valence-corrected chi connectivity index (χ3v) is 4.50. The third kappa shape index (κ3) is 7.43. The van der Waals surface area contributed by atoms with Gasteiger partial charge in [-0.1, -0.05) is 0 Å². The summed E-state index contributed by atoms with van der Waals surface area (Å²) in [6.07, 6.45) is 1.84. The minimum absolute atomic E-state index is 0.340. The number of hydrogen-bond acceptors (Lipinski definition) is 3. The van der Waals surface area contributed by atoms with Gasteiger partial charge in [-0.15, -0.1) is 0 Å². The zero-order chi connectivity index (χ0) is 15.7. The second kappa shape index (κ2) is 9.73. The topological polar surface area (TPSA) is 50.4 Å². The van der Waals surface area contributed by atoms with Crippen molar-refractivity contribution in [1.29, 1.82) is 0 Å². The predicted octanol–water partition coefficient (Wildman–Crippen LogP) is 2.46. The molecular weight excluding hydrogens is 304 g/mol. The van der Waals surface area contributed by atoms with Crippen LogP contribution in [-0.4, -0.2) is 34.8 Å². The Morgan fingerprint density at radius 2 is 1.95 bits per heavy atom. The first-order chi connectivity index (χ1) is 10.0. The van der Waals surface area contributed by atoms with Crippen LogP contribution in [0.25, 0.3) is 0 Å². The lowest BCUT2D eigenvalue weighted by Gasteiger charge is -2.12. The van der Waals surface area contributed by atoms with Gasteiger partial charge in [-0.25, -0.2) is 0 Å². The summed E-state index contributed by atoms with van der Waals surface area (Å²) in [6, 6.07) is 7.73. The summed E-state index contributed by atoms with van der Waals surface area (Å²) in [7, 11) is 0.674. The molecule has 0 aliphatic rings. The van der Waals surface area contributed by atoms with Crippen molar-refractivity contribution in [1.82, 2.24) is 10.6 Å². The van der Waals surface area contributed by atoms with Crippen LogP contribution in [0, 0.1) is 0 Å². The lowest BCUT2D eigenvalue weighted by Crippen LogP contribution is -2.39. The Morgan fingerprint density at radius 1 is 1.29 bits per heavy atom. The first-order valence-electron chi connectivity index (χ1n) is 7.09. The van der Waals surface area contributed by atoms with E-state index < -0.39 is 10.8 Å². The first kappa shape index (κ1) is 17.9. The van der Waals surface area contributed by atoms with E-state index in [2.05, 4.69) is 10.6 Å². The molecule has 1 atom stereocenters. The minimum atomic E-state index is -0.949. The van der Waals surface area contributed by atoms with Crippen molar-refractivity contribution in [3.8, 4) is 5.75 Å². The van der Waals surface area contributed by atoms with Crippen molar-refractivity contribution in [2.45, 2.75) is 37.6 Å². The van der Waals surface area contributed by atoms with Crippen molar-refractivity contribution >= 4 is 28.1 Å². The molecule has 0 saturated heterocycles. The molecule has 0 heterocycles. The molecule has 0 aliphatic carbocycles. The van der Waals surface area contributed by atoms with E-state index in [1.807, 2.05) is 38.1 Å². The number of rotatable bonds is 8. The summed E-state index contributed by atoms with van der Waals surface area (Å²) in [5, 5.41) is 6.96. The number of benzene rings is 1. The first-order valence-corrected chi connectivity index (χ1v) is 8.82. The van der Waals surface area contributed by atoms with Crippen LogP contribution in [0.4, 0.5) is 0 Å². The molecule has 1 aromatic carbocycles. The molecule has 0 spiro atoms. The van der Waals surface area contributed by atoms with Crippen LogP contribution in [0.2, 0.25) is 0 Å². The van der Waals surface area contributed by atoms with Crippen molar-refractivity contribution in [3.63, 3.8) is 0 Å². The van der Waals surface area contributed by atoms with Gasteiger partial charge in [0.2, 0.25) is 0 Å². The minimum Gasteiger partial charge on any atom is -0.497 e. The normalized spacial score (nSPS) is 12.0. The fraction of sp³-hybridized carbons (Fsp3) is 0.533. The second-order valence-electron chi connectivity index (χ2n) is 4.99. The van der Waals surface area contributed by atoms with E-state index in [-0.39, 0.29) is 0 Å². The van der Waals surface area contributed by atoms with E-state index in [0.717, 1.165) is 30.0 Å². The van der Waals surface area contributed by atoms with E-state index in [1.54, 1.807) is 7.11 Å². The number of thiocarbonyl (C=S) groups is 1. The standard InChI is InChI=1S/C15H24N2O2S2/c1-12(2)17-15(20)16-10-4-5-11-21(18)14-8-6-13(19-3)7-9-14/h6-9,12H,4-5,10-11H2,1-3H3,(H2,16,17,20). The van der Waals surface area contributed by atoms with Gasteiger partial charge in [0.15, 0.2) is 5.11 Å². The molecule has 21 heavy (non-hydrogen) atoms. The van der Waals surface area contributed by atoms with Crippen LogP contribution < -0.4 is 15.4 Å². The highest BCUT2D eigenvalue weighted by atomic mass is 32.2. The fourth-order valence-corrected chi connectivity index (χ4v) is 3.20.